The van der Waals surface area contributed by atoms with E-state index >= 15 is 0 Å². The van der Waals surface area contributed by atoms with E-state index in [0.29, 0.717) is 6.61 Å². The van der Waals surface area contributed by atoms with Gasteiger partial charge in [0.1, 0.15) is 12.4 Å². The van der Waals surface area contributed by atoms with Crippen molar-refractivity contribution in [2.45, 2.75) is 39.3 Å². The van der Waals surface area contributed by atoms with Crippen molar-refractivity contribution in [1.82, 2.24) is 20.4 Å². The summed E-state index contributed by atoms with van der Waals surface area (Å²) in [6, 6.07) is 7.44. The van der Waals surface area contributed by atoms with E-state index in [0.717, 1.165) is 34.7 Å². The molecule has 0 fully saturated rings. The van der Waals surface area contributed by atoms with Gasteiger partial charge in [0.25, 0.3) is 0 Å². The van der Waals surface area contributed by atoms with Crippen LogP contribution in [0.25, 0.3) is 0 Å². The molecule has 2 N–H and O–H groups in total. The second-order valence-corrected chi connectivity index (χ2v) is 6.19. The number of rotatable bonds is 4. The van der Waals surface area contributed by atoms with E-state index in [4.69, 9.17) is 4.74 Å². The van der Waals surface area contributed by atoms with Crippen LogP contribution >= 0.6 is 0 Å². The van der Waals surface area contributed by atoms with Crippen LogP contribution in [0.2, 0.25) is 0 Å². The van der Waals surface area contributed by atoms with Crippen LogP contribution in [0.15, 0.2) is 24.3 Å². The summed E-state index contributed by atoms with van der Waals surface area (Å²) in [6.07, 6.45) is 0.804. The van der Waals surface area contributed by atoms with E-state index in [2.05, 4.69) is 22.7 Å². The lowest BCUT2D eigenvalue weighted by Gasteiger charge is -2.20. The van der Waals surface area contributed by atoms with Gasteiger partial charge in [-0.25, -0.2) is 4.79 Å². The number of aromatic nitrogens is 2. The first-order valence-electron chi connectivity index (χ1n) is 8.30. The van der Waals surface area contributed by atoms with Crippen molar-refractivity contribution in [3.05, 3.63) is 46.8 Å². The largest absolute Gasteiger partial charge is 0.491 e. The van der Waals surface area contributed by atoms with Crippen molar-refractivity contribution < 1.29 is 9.53 Å². The molecule has 2 aromatic rings. The SMILES string of the molecule is CC[C@@H](NC(=O)N[C@@H]1COc2ccccc21)c1c(C)nn(C)c1C. The lowest BCUT2D eigenvalue weighted by molar-refractivity contribution is 0.228. The molecule has 1 aliphatic rings. The van der Waals surface area contributed by atoms with E-state index < -0.39 is 0 Å². The number of nitrogens with one attached hydrogen (secondary N) is 2. The Kier molecular flexibility index (Phi) is 4.46. The summed E-state index contributed by atoms with van der Waals surface area (Å²) < 4.78 is 7.47. The number of nitrogens with zero attached hydrogens (tertiary/aromatic N) is 2. The molecule has 0 unspecified atom stereocenters. The maximum Gasteiger partial charge on any atom is 0.315 e. The van der Waals surface area contributed by atoms with Gasteiger partial charge in [-0.1, -0.05) is 25.1 Å². The summed E-state index contributed by atoms with van der Waals surface area (Å²) in [6.45, 7) is 6.53. The minimum absolute atomic E-state index is 0.0590. The van der Waals surface area contributed by atoms with Crippen molar-refractivity contribution in [2.24, 2.45) is 7.05 Å². The van der Waals surface area contributed by atoms with Gasteiger partial charge in [0.15, 0.2) is 0 Å². The fourth-order valence-electron chi connectivity index (χ4n) is 3.31. The van der Waals surface area contributed by atoms with Gasteiger partial charge in [-0.3, -0.25) is 4.68 Å². The van der Waals surface area contributed by atoms with Crippen LogP contribution < -0.4 is 15.4 Å². The quantitative estimate of drug-likeness (QED) is 0.907. The zero-order chi connectivity index (χ0) is 17.3. The zero-order valence-electron chi connectivity index (χ0n) is 14.6. The first-order chi connectivity index (χ1) is 11.5. The van der Waals surface area contributed by atoms with E-state index in [-0.39, 0.29) is 18.1 Å². The first-order valence-corrected chi connectivity index (χ1v) is 8.30. The fourth-order valence-corrected chi connectivity index (χ4v) is 3.31. The highest BCUT2D eigenvalue weighted by atomic mass is 16.5. The molecule has 1 aromatic heterocycles. The van der Waals surface area contributed by atoms with E-state index in [1.165, 1.54) is 0 Å². The van der Waals surface area contributed by atoms with Gasteiger partial charge in [0.2, 0.25) is 0 Å². The molecule has 3 rings (SSSR count). The first kappa shape index (κ1) is 16.4. The number of urea groups is 1. The predicted octanol–water partition coefficient (Wildman–Crippen LogP) is 2.92. The van der Waals surface area contributed by atoms with Gasteiger partial charge in [-0.05, 0) is 26.3 Å². The normalized spacial score (nSPS) is 17.1. The third-order valence-corrected chi connectivity index (χ3v) is 4.63. The van der Waals surface area contributed by atoms with Crippen LogP contribution in [-0.2, 0) is 7.05 Å². The highest BCUT2D eigenvalue weighted by molar-refractivity contribution is 5.75. The minimum Gasteiger partial charge on any atom is -0.491 e. The number of amides is 2. The van der Waals surface area contributed by atoms with Crippen LogP contribution in [0.5, 0.6) is 5.75 Å². The molecule has 2 amide bonds. The van der Waals surface area contributed by atoms with Crippen molar-refractivity contribution in [2.75, 3.05) is 6.61 Å². The highest BCUT2D eigenvalue weighted by Crippen LogP contribution is 2.31. The van der Waals surface area contributed by atoms with E-state index in [1.54, 1.807) is 0 Å². The van der Waals surface area contributed by atoms with Gasteiger partial charge in [0.05, 0.1) is 17.8 Å². The third-order valence-electron chi connectivity index (χ3n) is 4.63. The number of carbonyl (C=O) groups excluding carboxylic acids is 1. The fraction of sp³-hybridized carbons (Fsp3) is 0.444. The predicted molar refractivity (Wildman–Crippen MR) is 92.1 cm³/mol. The number of para-hydroxylation sites is 1. The molecule has 0 aliphatic carbocycles. The Morgan fingerprint density at radius 1 is 1.42 bits per heavy atom. The molecule has 6 nitrogen and oxygen atoms in total. The summed E-state index contributed by atoms with van der Waals surface area (Å²) >= 11 is 0. The third kappa shape index (κ3) is 2.96. The van der Waals surface area contributed by atoms with Gasteiger partial charge < -0.3 is 15.4 Å². The number of ether oxygens (including phenoxy) is 1. The molecule has 2 atom stereocenters. The van der Waals surface area contributed by atoms with Crippen molar-refractivity contribution in [3.63, 3.8) is 0 Å². The van der Waals surface area contributed by atoms with Crippen LogP contribution in [0.4, 0.5) is 4.79 Å². The maximum atomic E-state index is 12.5. The number of benzene rings is 1. The van der Waals surface area contributed by atoms with E-state index in [9.17, 15) is 4.79 Å². The smallest absolute Gasteiger partial charge is 0.315 e. The average molecular weight is 328 g/mol. The lowest BCUT2D eigenvalue weighted by Crippen LogP contribution is -2.40. The number of hydrogen-bond donors (Lipinski definition) is 2. The van der Waals surface area contributed by atoms with Crippen molar-refractivity contribution in [1.29, 1.82) is 0 Å². The molecule has 1 aromatic carbocycles. The molecule has 0 spiro atoms. The zero-order valence-corrected chi connectivity index (χ0v) is 14.6. The topological polar surface area (TPSA) is 68.2 Å². The Morgan fingerprint density at radius 3 is 2.83 bits per heavy atom. The molecule has 1 aliphatic heterocycles. The van der Waals surface area contributed by atoms with Gasteiger partial charge >= 0.3 is 6.03 Å². The summed E-state index contributed by atoms with van der Waals surface area (Å²) in [5.74, 6) is 0.841. The molecule has 128 valence electrons. The Bertz CT molecular complexity index is 753. The molecule has 0 bridgehead atoms. The number of fused-ring (bicyclic) bond motifs is 1. The van der Waals surface area contributed by atoms with Crippen molar-refractivity contribution >= 4 is 6.03 Å². The van der Waals surface area contributed by atoms with Gasteiger partial charge in [-0.2, -0.15) is 5.10 Å². The molecular weight excluding hydrogens is 304 g/mol. The molecular formula is C18H24N4O2. The van der Waals surface area contributed by atoms with Crippen LogP contribution in [-0.4, -0.2) is 22.4 Å². The number of carbonyl (C=O) groups is 1. The van der Waals surface area contributed by atoms with Gasteiger partial charge in [0, 0.05) is 23.9 Å². The lowest BCUT2D eigenvalue weighted by atomic mass is 10.0. The highest BCUT2D eigenvalue weighted by Gasteiger charge is 2.27. The average Bonchev–Trinajstić information content (AvgIpc) is 3.07. The second-order valence-electron chi connectivity index (χ2n) is 6.19. The molecule has 0 saturated carbocycles. The Labute approximate surface area is 142 Å². The Balaban J connectivity index is 1.70. The summed E-state index contributed by atoms with van der Waals surface area (Å²) in [5, 5.41) is 10.5. The monoisotopic (exact) mass is 328 g/mol. The van der Waals surface area contributed by atoms with Crippen LogP contribution in [0, 0.1) is 13.8 Å². The van der Waals surface area contributed by atoms with Crippen LogP contribution in [0.1, 0.15) is 47.9 Å². The molecule has 24 heavy (non-hydrogen) atoms. The second kappa shape index (κ2) is 6.55. The number of aryl methyl sites for hydroxylation is 2. The summed E-state index contributed by atoms with van der Waals surface area (Å²) in [4.78, 5) is 12.5. The van der Waals surface area contributed by atoms with Crippen molar-refractivity contribution in [3.8, 4) is 5.75 Å². The number of hydrogen-bond acceptors (Lipinski definition) is 3. The summed E-state index contributed by atoms with van der Waals surface area (Å²) in [5.41, 5.74) is 4.15. The Morgan fingerprint density at radius 2 is 2.17 bits per heavy atom. The minimum atomic E-state index is -0.185. The van der Waals surface area contributed by atoms with Crippen LogP contribution in [0.3, 0.4) is 0 Å². The van der Waals surface area contributed by atoms with E-state index in [1.807, 2.05) is 49.8 Å². The maximum absolute atomic E-state index is 12.5. The standard InChI is InChI=1S/C18H24N4O2/c1-5-14(17-11(2)21-22(4)12(17)3)19-18(23)20-15-10-24-16-9-7-6-8-13(15)16/h6-9,14-15H,5,10H2,1-4H3,(H2,19,20,23)/t14-,15-/m1/s1. The molecule has 6 heteroatoms. The molecule has 0 saturated heterocycles. The Hall–Kier alpha value is -2.50. The van der Waals surface area contributed by atoms with Gasteiger partial charge in [-0.15, -0.1) is 0 Å². The summed E-state index contributed by atoms with van der Waals surface area (Å²) in [7, 11) is 1.92. The molecule has 0 radical (unpaired) electrons. The molecule has 2 heterocycles.